The van der Waals surface area contributed by atoms with Crippen molar-refractivity contribution >= 4 is 41.3 Å². The molecule has 2 saturated carbocycles. The number of aromatic nitrogens is 1. The lowest BCUT2D eigenvalue weighted by molar-refractivity contribution is 0.106. The molecule has 0 spiro atoms. The van der Waals surface area contributed by atoms with Gasteiger partial charge < -0.3 is 10.6 Å². The van der Waals surface area contributed by atoms with Crippen molar-refractivity contribution in [2.75, 3.05) is 13.6 Å². The van der Waals surface area contributed by atoms with Crippen LogP contribution in [0.3, 0.4) is 0 Å². The Kier molecular flexibility index (Phi) is 5.88. The number of aryl methyl sites for hydroxylation is 1. The normalized spacial score (nSPS) is 20.4. The smallest absolute Gasteiger partial charge is 0.191 e. The fourth-order valence-corrected chi connectivity index (χ4v) is 3.91. The maximum Gasteiger partial charge on any atom is 0.191 e. The number of nitrogens with zero attached hydrogens (tertiary/aromatic N) is 2. The molecule has 0 bridgehead atoms. The molecular weight excluding hydrogens is 395 g/mol. The summed E-state index contributed by atoms with van der Waals surface area (Å²) in [5.41, 5.74) is 0.579. The average molecular weight is 420 g/mol. The molecule has 1 aromatic rings. The molecule has 2 fully saturated rings. The Morgan fingerprint density at radius 3 is 2.67 bits per heavy atom. The second-order valence-corrected chi connectivity index (χ2v) is 7.45. The van der Waals surface area contributed by atoms with E-state index in [2.05, 4.69) is 27.5 Å². The zero-order chi connectivity index (χ0) is 14.0. The Labute approximate surface area is 148 Å². The lowest BCUT2D eigenvalue weighted by atomic mass is 9.65. The number of thiazole rings is 1. The fraction of sp³-hybridized carbons (Fsp3) is 0.733. The van der Waals surface area contributed by atoms with Crippen LogP contribution in [0.15, 0.2) is 11.2 Å². The first-order valence-corrected chi connectivity index (χ1v) is 8.39. The molecule has 4 nitrogen and oxygen atoms in total. The molecule has 2 aliphatic rings. The van der Waals surface area contributed by atoms with E-state index in [0.29, 0.717) is 5.41 Å². The maximum absolute atomic E-state index is 4.37. The topological polar surface area (TPSA) is 49.3 Å². The van der Waals surface area contributed by atoms with Gasteiger partial charge in [-0.3, -0.25) is 4.99 Å². The van der Waals surface area contributed by atoms with E-state index in [9.17, 15) is 0 Å². The van der Waals surface area contributed by atoms with Crippen LogP contribution < -0.4 is 10.6 Å². The van der Waals surface area contributed by atoms with Gasteiger partial charge in [0.15, 0.2) is 5.96 Å². The Balaban J connectivity index is 0.00000161. The van der Waals surface area contributed by atoms with Crippen molar-refractivity contribution < 1.29 is 0 Å². The molecule has 0 saturated heterocycles. The van der Waals surface area contributed by atoms with Crippen molar-refractivity contribution in [2.45, 2.75) is 45.6 Å². The van der Waals surface area contributed by atoms with Crippen molar-refractivity contribution in [1.29, 1.82) is 0 Å². The molecule has 2 aliphatic carbocycles. The van der Waals surface area contributed by atoms with Gasteiger partial charge in [-0.15, -0.1) is 35.3 Å². The fourth-order valence-electron chi connectivity index (χ4n) is 3.18. The number of aliphatic imine (C=N–C) groups is 1. The minimum absolute atomic E-state index is 0. The monoisotopic (exact) mass is 420 g/mol. The molecule has 0 aromatic carbocycles. The summed E-state index contributed by atoms with van der Waals surface area (Å²) in [5, 5.41) is 8.01. The lowest BCUT2D eigenvalue weighted by Gasteiger charge is -2.43. The number of hydrogen-bond donors (Lipinski definition) is 2. The molecule has 0 unspecified atom stereocenters. The Hall–Kier alpha value is -0.370. The van der Waals surface area contributed by atoms with Gasteiger partial charge in [0.1, 0.15) is 5.01 Å². The summed E-state index contributed by atoms with van der Waals surface area (Å²) in [6.45, 7) is 3.92. The number of halogens is 1. The number of rotatable bonds is 5. The predicted molar refractivity (Wildman–Crippen MR) is 99.5 cm³/mol. The molecule has 21 heavy (non-hydrogen) atoms. The van der Waals surface area contributed by atoms with Crippen LogP contribution in [0.25, 0.3) is 0 Å². The zero-order valence-corrected chi connectivity index (χ0v) is 16.0. The average Bonchev–Trinajstić information content (AvgIpc) is 3.15. The summed E-state index contributed by atoms with van der Waals surface area (Å²) in [4.78, 5) is 9.95. The van der Waals surface area contributed by atoms with Crippen molar-refractivity contribution in [2.24, 2.45) is 16.3 Å². The van der Waals surface area contributed by atoms with Gasteiger partial charge in [0, 0.05) is 24.7 Å². The Bertz CT molecular complexity index is 492. The van der Waals surface area contributed by atoms with Crippen LogP contribution in [0.1, 0.15) is 42.0 Å². The zero-order valence-electron chi connectivity index (χ0n) is 12.8. The van der Waals surface area contributed by atoms with Crippen LogP contribution in [0.2, 0.25) is 0 Å². The quantitative estimate of drug-likeness (QED) is 0.437. The largest absolute Gasteiger partial charge is 0.356 e. The van der Waals surface area contributed by atoms with Gasteiger partial charge in [0.05, 0.1) is 6.54 Å². The highest BCUT2D eigenvalue weighted by atomic mass is 127. The van der Waals surface area contributed by atoms with Gasteiger partial charge in [-0.2, -0.15) is 0 Å². The van der Waals surface area contributed by atoms with E-state index in [1.54, 1.807) is 11.3 Å². The third-order valence-corrected chi connectivity index (χ3v) is 5.61. The van der Waals surface area contributed by atoms with Gasteiger partial charge in [0.25, 0.3) is 0 Å². The molecule has 6 heteroatoms. The van der Waals surface area contributed by atoms with Gasteiger partial charge in [-0.25, -0.2) is 4.98 Å². The van der Waals surface area contributed by atoms with E-state index >= 15 is 0 Å². The Morgan fingerprint density at radius 1 is 1.43 bits per heavy atom. The van der Waals surface area contributed by atoms with E-state index in [4.69, 9.17) is 0 Å². The summed E-state index contributed by atoms with van der Waals surface area (Å²) in [6.07, 6.45) is 9.00. The first-order chi connectivity index (χ1) is 9.72. The van der Waals surface area contributed by atoms with Crippen LogP contribution in [-0.4, -0.2) is 24.5 Å². The summed E-state index contributed by atoms with van der Waals surface area (Å²) in [5.74, 6) is 1.88. The summed E-state index contributed by atoms with van der Waals surface area (Å²) in [7, 11) is 1.84. The standard InChI is InChI=1S/C15H24N4S.HI/c1-11-8-17-13(20-11)9-18-14(16-2)19-10-15(6-3-7-15)12-4-5-12;/h8,12H,3-7,9-10H2,1-2H3,(H2,16,18,19);1H. The van der Waals surface area contributed by atoms with E-state index in [-0.39, 0.29) is 24.0 Å². The highest BCUT2D eigenvalue weighted by molar-refractivity contribution is 14.0. The van der Waals surface area contributed by atoms with Crippen molar-refractivity contribution in [3.63, 3.8) is 0 Å². The minimum atomic E-state index is 0. The number of nitrogens with one attached hydrogen (secondary N) is 2. The summed E-state index contributed by atoms with van der Waals surface area (Å²) in [6, 6.07) is 0. The van der Waals surface area contributed by atoms with Crippen LogP contribution in [-0.2, 0) is 6.54 Å². The highest BCUT2D eigenvalue weighted by Crippen LogP contribution is 2.56. The lowest BCUT2D eigenvalue weighted by Crippen LogP contribution is -2.47. The molecule has 1 aromatic heterocycles. The maximum atomic E-state index is 4.37. The highest BCUT2D eigenvalue weighted by Gasteiger charge is 2.48. The third kappa shape index (κ3) is 4.09. The van der Waals surface area contributed by atoms with E-state index in [1.807, 2.05) is 13.2 Å². The first kappa shape index (κ1) is 17.0. The number of hydrogen-bond acceptors (Lipinski definition) is 3. The van der Waals surface area contributed by atoms with Crippen LogP contribution in [0.4, 0.5) is 0 Å². The SMILES string of the molecule is CN=C(NCc1ncc(C)s1)NCC1(C2CC2)CCC1.I. The molecule has 2 N–H and O–H groups in total. The summed E-state index contributed by atoms with van der Waals surface area (Å²) >= 11 is 1.74. The molecular formula is C15H25IN4S. The van der Waals surface area contributed by atoms with Gasteiger partial charge in [0.2, 0.25) is 0 Å². The van der Waals surface area contributed by atoms with Crippen molar-refractivity contribution in [3.05, 3.63) is 16.1 Å². The van der Waals surface area contributed by atoms with Crippen LogP contribution >= 0.6 is 35.3 Å². The van der Waals surface area contributed by atoms with Crippen LogP contribution in [0, 0.1) is 18.3 Å². The molecule has 0 aliphatic heterocycles. The molecule has 0 amide bonds. The third-order valence-electron chi connectivity index (χ3n) is 4.70. The molecule has 3 rings (SSSR count). The first-order valence-electron chi connectivity index (χ1n) is 7.58. The number of guanidine groups is 1. The van der Waals surface area contributed by atoms with Crippen LogP contribution in [0.5, 0.6) is 0 Å². The van der Waals surface area contributed by atoms with E-state index in [0.717, 1.165) is 30.0 Å². The second-order valence-electron chi connectivity index (χ2n) is 6.13. The van der Waals surface area contributed by atoms with Crippen molar-refractivity contribution in [1.82, 2.24) is 15.6 Å². The Morgan fingerprint density at radius 2 is 2.19 bits per heavy atom. The van der Waals surface area contributed by atoms with E-state index < -0.39 is 0 Å². The molecule has 118 valence electrons. The molecule has 0 radical (unpaired) electrons. The van der Waals surface area contributed by atoms with Crippen molar-refractivity contribution in [3.8, 4) is 0 Å². The van der Waals surface area contributed by atoms with Gasteiger partial charge in [-0.05, 0) is 43.9 Å². The van der Waals surface area contributed by atoms with E-state index in [1.165, 1.54) is 37.0 Å². The summed E-state index contributed by atoms with van der Waals surface area (Å²) < 4.78 is 0. The minimum Gasteiger partial charge on any atom is -0.356 e. The predicted octanol–water partition coefficient (Wildman–Crippen LogP) is 3.31. The second kappa shape index (κ2) is 7.26. The molecule has 1 heterocycles. The van der Waals surface area contributed by atoms with Gasteiger partial charge in [-0.1, -0.05) is 6.42 Å². The molecule has 0 atom stereocenters. The van der Waals surface area contributed by atoms with Gasteiger partial charge >= 0.3 is 0 Å².